The molecule has 2 N–H and O–H groups in total. The second-order valence-electron chi connectivity index (χ2n) is 6.34. The summed E-state index contributed by atoms with van der Waals surface area (Å²) in [5, 5.41) is 4.55. The molecule has 3 heteroatoms. The molecule has 0 spiro atoms. The molecule has 1 fully saturated rings. The van der Waals surface area contributed by atoms with E-state index in [-0.39, 0.29) is 11.1 Å². The van der Waals surface area contributed by atoms with Crippen LogP contribution in [0.5, 0.6) is 0 Å². The topological polar surface area (TPSA) is 43.8 Å². The van der Waals surface area contributed by atoms with Gasteiger partial charge in [0.25, 0.3) is 0 Å². The van der Waals surface area contributed by atoms with Crippen molar-refractivity contribution in [3.8, 4) is 0 Å². The highest BCUT2D eigenvalue weighted by Crippen LogP contribution is 2.46. The average molecular weight is 221 g/mol. The maximum atomic E-state index is 6.31. The van der Waals surface area contributed by atoms with E-state index in [2.05, 4.69) is 44.4 Å². The van der Waals surface area contributed by atoms with Crippen molar-refractivity contribution < 1.29 is 0 Å². The third-order valence-corrected chi connectivity index (χ3v) is 3.31. The zero-order valence-corrected chi connectivity index (χ0v) is 11.0. The summed E-state index contributed by atoms with van der Waals surface area (Å²) in [4.78, 5) is 0. The highest BCUT2D eigenvalue weighted by atomic mass is 15.3. The molecule has 2 rings (SSSR count). The molecular formula is C13H23N3. The van der Waals surface area contributed by atoms with E-state index in [4.69, 9.17) is 5.73 Å². The van der Waals surface area contributed by atoms with Gasteiger partial charge in [0.1, 0.15) is 0 Å². The first-order valence-electron chi connectivity index (χ1n) is 6.13. The van der Waals surface area contributed by atoms with E-state index in [9.17, 15) is 0 Å². The van der Waals surface area contributed by atoms with Gasteiger partial charge in [0.05, 0.1) is 11.7 Å². The summed E-state index contributed by atoms with van der Waals surface area (Å²) >= 11 is 0. The second kappa shape index (κ2) is 3.33. The van der Waals surface area contributed by atoms with Crippen molar-refractivity contribution in [1.82, 2.24) is 9.78 Å². The minimum Gasteiger partial charge on any atom is -0.321 e. The Hall–Kier alpha value is -0.830. The fourth-order valence-electron chi connectivity index (χ4n) is 2.24. The average Bonchev–Trinajstić information content (AvgIpc) is 2.72. The van der Waals surface area contributed by atoms with Gasteiger partial charge in [0, 0.05) is 16.8 Å². The van der Waals surface area contributed by atoms with Crippen LogP contribution in [0.25, 0.3) is 0 Å². The van der Waals surface area contributed by atoms with Gasteiger partial charge in [0.15, 0.2) is 0 Å². The van der Waals surface area contributed by atoms with E-state index in [1.165, 1.54) is 11.3 Å². The first kappa shape index (κ1) is 11.6. The minimum atomic E-state index is -0.0803. The zero-order chi connectivity index (χ0) is 12.1. The monoisotopic (exact) mass is 221 g/mol. The lowest BCUT2D eigenvalue weighted by molar-refractivity contribution is 0.337. The Kier molecular flexibility index (Phi) is 2.42. The van der Waals surface area contributed by atoms with E-state index < -0.39 is 0 Å². The van der Waals surface area contributed by atoms with Crippen LogP contribution >= 0.6 is 0 Å². The summed E-state index contributed by atoms with van der Waals surface area (Å²) in [5.41, 5.74) is 8.83. The molecule has 1 heterocycles. The summed E-state index contributed by atoms with van der Waals surface area (Å²) in [6.45, 7) is 11.0. The van der Waals surface area contributed by atoms with E-state index in [0.717, 1.165) is 12.8 Å². The van der Waals surface area contributed by atoms with Crippen molar-refractivity contribution in [3.63, 3.8) is 0 Å². The summed E-state index contributed by atoms with van der Waals surface area (Å²) in [5.74, 6) is 0.470. The molecule has 1 aromatic rings. The third kappa shape index (κ3) is 1.77. The lowest BCUT2D eigenvalue weighted by Gasteiger charge is -2.25. The molecule has 1 saturated carbocycles. The fourth-order valence-corrected chi connectivity index (χ4v) is 2.24. The van der Waals surface area contributed by atoms with Crippen LogP contribution in [0.4, 0.5) is 0 Å². The molecule has 16 heavy (non-hydrogen) atoms. The lowest BCUT2D eigenvalue weighted by Crippen LogP contribution is -2.28. The SMILES string of the molecule is CC(C)c1c(C2(N)CC2)cnn1C(C)(C)C. The predicted molar refractivity (Wildman–Crippen MR) is 66.4 cm³/mol. The van der Waals surface area contributed by atoms with Crippen LogP contribution in [0.2, 0.25) is 0 Å². The van der Waals surface area contributed by atoms with Crippen LogP contribution in [0.1, 0.15) is 64.6 Å². The Balaban J connectivity index is 2.53. The molecule has 90 valence electrons. The highest BCUT2D eigenvalue weighted by molar-refractivity contribution is 5.34. The molecule has 1 aromatic heterocycles. The Morgan fingerprint density at radius 3 is 2.31 bits per heavy atom. The molecular weight excluding hydrogens is 198 g/mol. The number of hydrogen-bond acceptors (Lipinski definition) is 2. The summed E-state index contributed by atoms with van der Waals surface area (Å²) in [6.07, 6.45) is 4.18. The number of rotatable bonds is 2. The van der Waals surface area contributed by atoms with E-state index in [1.54, 1.807) is 0 Å². The quantitative estimate of drug-likeness (QED) is 0.834. The number of hydrogen-bond donors (Lipinski definition) is 1. The van der Waals surface area contributed by atoms with Gasteiger partial charge in [-0.05, 0) is 39.5 Å². The van der Waals surface area contributed by atoms with E-state index in [1.807, 2.05) is 6.20 Å². The molecule has 0 unspecified atom stereocenters. The first-order chi connectivity index (χ1) is 7.26. The largest absolute Gasteiger partial charge is 0.321 e. The Morgan fingerprint density at radius 2 is 1.94 bits per heavy atom. The van der Waals surface area contributed by atoms with Crippen molar-refractivity contribution in [2.45, 2.75) is 64.5 Å². The number of nitrogens with zero attached hydrogens (tertiary/aromatic N) is 2. The highest BCUT2D eigenvalue weighted by Gasteiger charge is 2.44. The van der Waals surface area contributed by atoms with Crippen LogP contribution in [-0.2, 0) is 11.1 Å². The number of aromatic nitrogens is 2. The van der Waals surface area contributed by atoms with Crippen LogP contribution in [-0.4, -0.2) is 9.78 Å². The molecule has 0 atom stereocenters. The van der Waals surface area contributed by atoms with Gasteiger partial charge in [-0.1, -0.05) is 13.8 Å². The summed E-state index contributed by atoms with van der Waals surface area (Å²) in [6, 6.07) is 0. The van der Waals surface area contributed by atoms with Crippen molar-refractivity contribution in [2.24, 2.45) is 5.73 Å². The van der Waals surface area contributed by atoms with Crippen LogP contribution in [0.15, 0.2) is 6.20 Å². The predicted octanol–water partition coefficient (Wildman–Crippen LogP) is 2.71. The van der Waals surface area contributed by atoms with Crippen molar-refractivity contribution in [3.05, 3.63) is 17.5 Å². The third-order valence-electron chi connectivity index (χ3n) is 3.31. The van der Waals surface area contributed by atoms with Crippen molar-refractivity contribution >= 4 is 0 Å². The second-order valence-corrected chi connectivity index (χ2v) is 6.34. The maximum absolute atomic E-state index is 6.31. The molecule has 0 saturated heterocycles. The normalized spacial score (nSPS) is 19.2. The molecule has 1 aliphatic carbocycles. The van der Waals surface area contributed by atoms with Crippen LogP contribution in [0, 0.1) is 0 Å². The Bertz CT molecular complexity index is 369. The van der Waals surface area contributed by atoms with Gasteiger partial charge in [-0.25, -0.2) is 0 Å². The molecule has 0 radical (unpaired) electrons. The van der Waals surface area contributed by atoms with Gasteiger partial charge in [0.2, 0.25) is 0 Å². The van der Waals surface area contributed by atoms with Gasteiger partial charge in [-0.15, -0.1) is 0 Å². The smallest absolute Gasteiger partial charge is 0.0546 e. The number of nitrogens with two attached hydrogens (primary N) is 1. The Morgan fingerprint density at radius 1 is 1.38 bits per heavy atom. The van der Waals surface area contributed by atoms with Gasteiger partial charge >= 0.3 is 0 Å². The summed E-state index contributed by atoms with van der Waals surface area (Å²) in [7, 11) is 0. The van der Waals surface area contributed by atoms with Gasteiger partial charge in [-0.3, -0.25) is 4.68 Å². The molecule has 1 aliphatic rings. The first-order valence-corrected chi connectivity index (χ1v) is 6.13. The maximum Gasteiger partial charge on any atom is 0.0546 e. The van der Waals surface area contributed by atoms with Gasteiger partial charge < -0.3 is 5.73 Å². The molecule has 0 aromatic carbocycles. The zero-order valence-electron chi connectivity index (χ0n) is 11.0. The molecule has 0 bridgehead atoms. The van der Waals surface area contributed by atoms with E-state index in [0.29, 0.717) is 5.92 Å². The molecule has 0 aliphatic heterocycles. The fraction of sp³-hybridized carbons (Fsp3) is 0.769. The van der Waals surface area contributed by atoms with Crippen LogP contribution in [0.3, 0.4) is 0 Å². The van der Waals surface area contributed by atoms with Crippen molar-refractivity contribution in [2.75, 3.05) is 0 Å². The van der Waals surface area contributed by atoms with Crippen molar-refractivity contribution in [1.29, 1.82) is 0 Å². The van der Waals surface area contributed by atoms with Gasteiger partial charge in [-0.2, -0.15) is 5.10 Å². The Labute approximate surface area is 98.0 Å². The minimum absolute atomic E-state index is 0.0309. The standard InChI is InChI=1S/C13H23N3/c1-9(2)11-10(13(14)6-7-13)8-15-16(11)12(3,4)5/h8-9H,6-7,14H2,1-5H3. The molecule has 3 nitrogen and oxygen atoms in total. The van der Waals surface area contributed by atoms with E-state index >= 15 is 0 Å². The lowest BCUT2D eigenvalue weighted by atomic mass is 9.97. The summed E-state index contributed by atoms with van der Waals surface area (Å²) < 4.78 is 2.14. The van der Waals surface area contributed by atoms with Crippen LogP contribution < -0.4 is 5.73 Å². The molecule has 0 amide bonds.